The van der Waals surface area contributed by atoms with E-state index in [-0.39, 0.29) is 22.4 Å². The zero-order valence-electron chi connectivity index (χ0n) is 16.1. The third-order valence-electron chi connectivity index (χ3n) is 3.81. The average Bonchev–Trinajstić information content (AvgIpc) is 2.58. The first kappa shape index (κ1) is 22.1. The first-order chi connectivity index (χ1) is 12.0. The third kappa shape index (κ3) is 5.81. The Morgan fingerprint density at radius 1 is 1.15 bits per heavy atom. The molecule has 0 aliphatic heterocycles. The Morgan fingerprint density at radius 3 is 2.31 bits per heavy atom. The highest BCUT2D eigenvalue weighted by Gasteiger charge is 2.25. The number of ether oxygens (including phenoxy) is 1. The summed E-state index contributed by atoms with van der Waals surface area (Å²) in [5.41, 5.74) is 0.0757. The summed E-state index contributed by atoms with van der Waals surface area (Å²) in [4.78, 5) is 24.2. The highest BCUT2D eigenvalue weighted by atomic mass is 32.2. The van der Waals surface area contributed by atoms with Gasteiger partial charge < -0.3 is 10.1 Å². The molecule has 26 heavy (non-hydrogen) atoms. The van der Waals surface area contributed by atoms with Crippen LogP contribution in [0.1, 0.15) is 45.0 Å². The van der Waals surface area contributed by atoms with Crippen LogP contribution in [0.2, 0.25) is 0 Å². The van der Waals surface area contributed by atoms with Gasteiger partial charge in [0, 0.05) is 19.6 Å². The molecule has 0 radical (unpaired) electrons. The van der Waals surface area contributed by atoms with Gasteiger partial charge in [0.05, 0.1) is 10.5 Å². The molecule has 0 bridgehead atoms. The van der Waals surface area contributed by atoms with E-state index in [1.807, 2.05) is 13.8 Å². The van der Waals surface area contributed by atoms with Crippen LogP contribution in [0.5, 0.6) is 0 Å². The van der Waals surface area contributed by atoms with E-state index >= 15 is 0 Å². The Labute approximate surface area is 155 Å². The van der Waals surface area contributed by atoms with Crippen molar-refractivity contribution < 1.29 is 22.7 Å². The van der Waals surface area contributed by atoms with E-state index in [4.69, 9.17) is 4.74 Å². The molecular formula is C18H28N2O5S. The van der Waals surface area contributed by atoms with Gasteiger partial charge in [0.25, 0.3) is 5.91 Å². The summed E-state index contributed by atoms with van der Waals surface area (Å²) < 4.78 is 31.4. The number of nitrogens with zero attached hydrogens (tertiary/aromatic N) is 1. The number of nitrogens with one attached hydrogen (secondary N) is 1. The molecule has 1 atom stereocenters. The standard InChI is InChI=1S/C18H28N2O5S/c1-12(2)11-19-17(21)14(5)25-18(22)15-8-7-9-16(10-15)26(23,24)20(6)13(3)4/h7-10,12-14H,11H2,1-6H3,(H,19,21)/t14-/m0/s1. The molecule has 0 fully saturated rings. The minimum atomic E-state index is -3.71. The van der Waals surface area contributed by atoms with Crippen LogP contribution < -0.4 is 5.32 Å². The molecule has 1 rings (SSSR count). The summed E-state index contributed by atoms with van der Waals surface area (Å²) in [6.45, 7) is 9.38. The summed E-state index contributed by atoms with van der Waals surface area (Å²) in [5, 5.41) is 2.68. The third-order valence-corrected chi connectivity index (χ3v) is 5.84. The molecule has 0 aromatic heterocycles. The minimum Gasteiger partial charge on any atom is -0.449 e. The maximum atomic E-state index is 12.5. The van der Waals surface area contributed by atoms with Crippen LogP contribution in [-0.2, 0) is 19.6 Å². The lowest BCUT2D eigenvalue weighted by atomic mass is 10.2. The quantitative estimate of drug-likeness (QED) is 0.692. The topological polar surface area (TPSA) is 92.8 Å². The molecule has 0 aliphatic carbocycles. The van der Waals surface area contributed by atoms with E-state index in [1.165, 1.54) is 42.5 Å². The van der Waals surface area contributed by atoms with Crippen molar-refractivity contribution in [3.63, 3.8) is 0 Å². The van der Waals surface area contributed by atoms with E-state index in [1.54, 1.807) is 13.8 Å². The van der Waals surface area contributed by atoms with Crippen molar-refractivity contribution in [2.75, 3.05) is 13.6 Å². The summed E-state index contributed by atoms with van der Waals surface area (Å²) >= 11 is 0. The van der Waals surface area contributed by atoms with Gasteiger partial charge in [-0.2, -0.15) is 4.31 Å². The van der Waals surface area contributed by atoms with Crippen LogP contribution in [0.15, 0.2) is 29.2 Å². The molecule has 0 unspecified atom stereocenters. The molecule has 1 N–H and O–H groups in total. The Morgan fingerprint density at radius 2 is 1.77 bits per heavy atom. The van der Waals surface area contributed by atoms with Crippen molar-refractivity contribution in [2.24, 2.45) is 5.92 Å². The van der Waals surface area contributed by atoms with Gasteiger partial charge in [-0.1, -0.05) is 19.9 Å². The molecule has 0 saturated heterocycles. The largest absolute Gasteiger partial charge is 0.449 e. The lowest BCUT2D eigenvalue weighted by Gasteiger charge is -2.21. The molecule has 7 nitrogen and oxygen atoms in total. The molecule has 0 aliphatic rings. The first-order valence-corrected chi connectivity index (χ1v) is 9.97. The Bertz CT molecular complexity index is 744. The predicted molar refractivity (Wildman–Crippen MR) is 99.3 cm³/mol. The maximum absolute atomic E-state index is 12.5. The molecule has 8 heteroatoms. The zero-order chi connectivity index (χ0) is 20.1. The fraction of sp³-hybridized carbons (Fsp3) is 0.556. The van der Waals surface area contributed by atoms with Crippen molar-refractivity contribution >= 4 is 21.9 Å². The van der Waals surface area contributed by atoms with Crippen LogP contribution in [0.3, 0.4) is 0 Å². The lowest BCUT2D eigenvalue weighted by Crippen LogP contribution is -2.37. The van der Waals surface area contributed by atoms with Crippen LogP contribution >= 0.6 is 0 Å². The summed E-state index contributed by atoms with van der Waals surface area (Å²) in [6.07, 6.45) is -0.972. The molecule has 0 saturated carbocycles. The average molecular weight is 384 g/mol. The van der Waals surface area contributed by atoms with Crippen molar-refractivity contribution in [3.8, 4) is 0 Å². The van der Waals surface area contributed by atoms with Crippen LogP contribution in [0.25, 0.3) is 0 Å². The van der Waals surface area contributed by atoms with E-state index in [0.717, 1.165) is 0 Å². The Kier molecular flexibility index (Phi) is 7.77. The smallest absolute Gasteiger partial charge is 0.338 e. The fourth-order valence-electron chi connectivity index (χ4n) is 1.96. The van der Waals surface area contributed by atoms with Crippen LogP contribution in [0.4, 0.5) is 0 Å². The number of hydrogen-bond donors (Lipinski definition) is 1. The van der Waals surface area contributed by atoms with Gasteiger partial charge in [0.2, 0.25) is 10.0 Å². The zero-order valence-corrected chi connectivity index (χ0v) is 17.0. The van der Waals surface area contributed by atoms with E-state index in [2.05, 4.69) is 5.32 Å². The first-order valence-electron chi connectivity index (χ1n) is 8.53. The van der Waals surface area contributed by atoms with E-state index in [9.17, 15) is 18.0 Å². The highest BCUT2D eigenvalue weighted by molar-refractivity contribution is 7.89. The molecular weight excluding hydrogens is 356 g/mol. The summed E-state index contributed by atoms with van der Waals surface area (Å²) in [6, 6.07) is 5.38. The minimum absolute atomic E-state index is 0.0000578. The van der Waals surface area contributed by atoms with E-state index in [0.29, 0.717) is 6.54 Å². The van der Waals surface area contributed by atoms with Crippen molar-refractivity contribution in [2.45, 2.75) is 51.7 Å². The highest BCUT2D eigenvalue weighted by Crippen LogP contribution is 2.18. The Hall–Kier alpha value is -1.93. The molecule has 1 aromatic rings. The van der Waals surface area contributed by atoms with Crippen LogP contribution in [0, 0.1) is 5.92 Å². The number of benzene rings is 1. The van der Waals surface area contributed by atoms with Gasteiger partial charge in [-0.15, -0.1) is 0 Å². The molecule has 146 valence electrons. The monoisotopic (exact) mass is 384 g/mol. The number of hydrogen-bond acceptors (Lipinski definition) is 5. The summed E-state index contributed by atoms with van der Waals surface area (Å²) in [7, 11) is -2.23. The molecule has 1 amide bonds. The number of rotatable bonds is 8. The number of amides is 1. The van der Waals surface area contributed by atoms with E-state index < -0.39 is 28.0 Å². The Balaban J connectivity index is 2.91. The van der Waals surface area contributed by atoms with Crippen molar-refractivity contribution in [1.29, 1.82) is 0 Å². The number of esters is 1. The van der Waals surface area contributed by atoms with Gasteiger partial charge in [-0.05, 0) is 44.9 Å². The second-order valence-corrected chi connectivity index (χ2v) is 8.83. The normalized spacial score (nSPS) is 13.1. The molecule has 1 aromatic carbocycles. The fourth-order valence-corrected chi connectivity index (χ4v) is 3.37. The van der Waals surface area contributed by atoms with Gasteiger partial charge in [-0.3, -0.25) is 4.79 Å². The van der Waals surface area contributed by atoms with Gasteiger partial charge in [0.1, 0.15) is 0 Å². The molecule has 0 heterocycles. The second-order valence-electron chi connectivity index (χ2n) is 6.83. The van der Waals surface area contributed by atoms with Gasteiger partial charge in [-0.25, -0.2) is 13.2 Å². The molecule has 0 spiro atoms. The lowest BCUT2D eigenvalue weighted by molar-refractivity contribution is -0.129. The van der Waals surface area contributed by atoms with Crippen molar-refractivity contribution in [1.82, 2.24) is 9.62 Å². The predicted octanol–water partition coefficient (Wildman–Crippen LogP) is 2.03. The second kappa shape index (κ2) is 9.14. The SMILES string of the molecule is CC(C)CNC(=O)[C@H](C)OC(=O)c1cccc(S(=O)(=O)N(C)C(C)C)c1. The number of carbonyl (C=O) groups excluding carboxylic acids is 2. The summed E-state index contributed by atoms with van der Waals surface area (Å²) in [5.74, 6) is -0.862. The van der Waals surface area contributed by atoms with Gasteiger partial charge >= 0.3 is 5.97 Å². The maximum Gasteiger partial charge on any atom is 0.338 e. The van der Waals surface area contributed by atoms with Gasteiger partial charge in [0.15, 0.2) is 6.10 Å². The number of carbonyl (C=O) groups is 2. The van der Waals surface area contributed by atoms with Crippen molar-refractivity contribution in [3.05, 3.63) is 29.8 Å². The van der Waals surface area contributed by atoms with Crippen LogP contribution in [-0.4, -0.2) is 50.3 Å². The number of sulfonamides is 1.